The highest BCUT2D eigenvalue weighted by atomic mass is 19.1. The molecule has 1 aliphatic carbocycles. The molecule has 1 saturated carbocycles. The average molecular weight is 361 g/mol. The molecule has 1 aromatic rings. The number of rotatable bonds is 5. The van der Waals surface area contributed by atoms with Gasteiger partial charge in [-0.2, -0.15) is 0 Å². The van der Waals surface area contributed by atoms with Crippen molar-refractivity contribution in [3.63, 3.8) is 0 Å². The molecule has 0 bridgehead atoms. The van der Waals surface area contributed by atoms with E-state index in [1.54, 1.807) is 30.1 Å². The molecule has 26 heavy (non-hydrogen) atoms. The summed E-state index contributed by atoms with van der Waals surface area (Å²) in [6, 6.07) is 5.73. The summed E-state index contributed by atoms with van der Waals surface area (Å²) < 4.78 is 14.0. The minimum atomic E-state index is -0.527. The number of nitrogens with two attached hydrogens (primary N) is 1. The van der Waals surface area contributed by atoms with Gasteiger partial charge in [0.2, 0.25) is 11.8 Å². The lowest BCUT2D eigenvalue weighted by atomic mass is 9.71. The lowest BCUT2D eigenvalue weighted by Gasteiger charge is -2.37. The molecule has 5 nitrogen and oxygen atoms in total. The summed E-state index contributed by atoms with van der Waals surface area (Å²) in [6.07, 6.45) is 6.28. The predicted octanol–water partition coefficient (Wildman–Crippen LogP) is 2.69. The van der Waals surface area contributed by atoms with Crippen molar-refractivity contribution in [3.05, 3.63) is 30.1 Å². The second-order valence-electron chi connectivity index (χ2n) is 7.69. The molecule has 2 fully saturated rings. The van der Waals surface area contributed by atoms with E-state index in [2.05, 4.69) is 0 Å². The predicted molar refractivity (Wildman–Crippen MR) is 99.1 cm³/mol. The van der Waals surface area contributed by atoms with Crippen LogP contribution in [0.25, 0.3) is 0 Å². The molecule has 1 heterocycles. The molecule has 2 N–H and O–H groups in total. The van der Waals surface area contributed by atoms with Gasteiger partial charge in [-0.05, 0) is 43.4 Å². The summed E-state index contributed by atoms with van der Waals surface area (Å²) in [5.74, 6) is -0.665. The highest BCUT2D eigenvalue weighted by Gasteiger charge is 2.40. The number of para-hydroxylation sites is 1. The number of carbonyl (C=O) groups is 2. The Morgan fingerprint density at radius 1 is 1.31 bits per heavy atom. The first-order valence-corrected chi connectivity index (χ1v) is 9.49. The molecule has 142 valence electrons. The Labute approximate surface area is 154 Å². The first-order chi connectivity index (χ1) is 12.5. The van der Waals surface area contributed by atoms with E-state index in [9.17, 15) is 14.0 Å². The normalized spacial score (nSPS) is 22.5. The van der Waals surface area contributed by atoms with Crippen molar-refractivity contribution >= 4 is 17.5 Å². The fourth-order valence-corrected chi connectivity index (χ4v) is 4.31. The number of benzene rings is 1. The van der Waals surface area contributed by atoms with E-state index in [1.807, 2.05) is 0 Å². The maximum atomic E-state index is 14.0. The SMILES string of the molecule is CN(C(=O)CC1(CN)CCCCC1)C1CCN(c2ccccc2F)C1=O. The minimum Gasteiger partial charge on any atom is -0.334 e. The first kappa shape index (κ1) is 18.8. The number of hydrogen-bond donors (Lipinski definition) is 1. The Morgan fingerprint density at radius 3 is 2.65 bits per heavy atom. The second kappa shape index (κ2) is 7.74. The third-order valence-electron chi connectivity index (χ3n) is 6.05. The van der Waals surface area contributed by atoms with E-state index in [4.69, 9.17) is 5.73 Å². The van der Waals surface area contributed by atoms with Gasteiger partial charge in [-0.1, -0.05) is 31.4 Å². The van der Waals surface area contributed by atoms with Crippen molar-refractivity contribution in [1.82, 2.24) is 4.90 Å². The molecule has 2 aliphatic rings. The highest BCUT2D eigenvalue weighted by Crippen LogP contribution is 2.39. The van der Waals surface area contributed by atoms with Gasteiger partial charge in [-0.25, -0.2) is 4.39 Å². The Kier molecular flexibility index (Phi) is 5.61. The highest BCUT2D eigenvalue weighted by molar-refractivity contribution is 6.01. The molecule has 1 aliphatic heterocycles. The fourth-order valence-electron chi connectivity index (χ4n) is 4.31. The molecule has 3 rings (SSSR count). The summed E-state index contributed by atoms with van der Waals surface area (Å²) in [5.41, 5.74) is 6.15. The largest absolute Gasteiger partial charge is 0.334 e. The van der Waals surface area contributed by atoms with Crippen molar-refractivity contribution in [2.24, 2.45) is 11.1 Å². The number of nitrogens with zero attached hydrogens (tertiary/aromatic N) is 2. The molecule has 2 amide bonds. The number of likely N-dealkylation sites (N-methyl/N-ethyl adjacent to an activating group) is 1. The van der Waals surface area contributed by atoms with Crippen LogP contribution < -0.4 is 10.6 Å². The molecule has 1 saturated heterocycles. The van der Waals surface area contributed by atoms with Gasteiger partial charge in [0, 0.05) is 20.0 Å². The van der Waals surface area contributed by atoms with Gasteiger partial charge in [0.25, 0.3) is 0 Å². The zero-order valence-corrected chi connectivity index (χ0v) is 15.4. The summed E-state index contributed by atoms with van der Waals surface area (Å²) in [4.78, 5) is 28.6. The topological polar surface area (TPSA) is 66.6 Å². The molecule has 6 heteroatoms. The van der Waals surface area contributed by atoms with Gasteiger partial charge in [0.1, 0.15) is 11.9 Å². The molecular formula is C20H28FN3O2. The Hall–Kier alpha value is -1.95. The summed E-state index contributed by atoms with van der Waals surface area (Å²) in [6.45, 7) is 0.927. The quantitative estimate of drug-likeness (QED) is 0.877. The monoisotopic (exact) mass is 361 g/mol. The zero-order valence-electron chi connectivity index (χ0n) is 15.4. The lowest BCUT2D eigenvalue weighted by molar-refractivity contribution is -0.139. The van der Waals surface area contributed by atoms with Crippen LogP contribution in [-0.2, 0) is 9.59 Å². The molecule has 0 spiro atoms. The third kappa shape index (κ3) is 3.61. The van der Waals surface area contributed by atoms with Gasteiger partial charge < -0.3 is 15.5 Å². The third-order valence-corrected chi connectivity index (χ3v) is 6.05. The van der Waals surface area contributed by atoms with Crippen molar-refractivity contribution in [2.75, 3.05) is 25.0 Å². The van der Waals surface area contributed by atoms with Crippen LogP contribution in [-0.4, -0.2) is 42.9 Å². The minimum absolute atomic E-state index is 0.0360. The van der Waals surface area contributed by atoms with E-state index in [-0.39, 0.29) is 22.9 Å². The van der Waals surface area contributed by atoms with Crippen LogP contribution in [0.4, 0.5) is 10.1 Å². The molecule has 1 aromatic carbocycles. The molecule has 0 aromatic heterocycles. The van der Waals surface area contributed by atoms with E-state index in [1.165, 1.54) is 17.4 Å². The van der Waals surface area contributed by atoms with Crippen molar-refractivity contribution in [3.8, 4) is 0 Å². The van der Waals surface area contributed by atoms with E-state index < -0.39 is 11.9 Å². The fraction of sp³-hybridized carbons (Fsp3) is 0.600. The van der Waals surface area contributed by atoms with Crippen LogP contribution in [0, 0.1) is 11.2 Å². The first-order valence-electron chi connectivity index (χ1n) is 9.49. The van der Waals surface area contributed by atoms with Crippen molar-refractivity contribution in [2.45, 2.75) is 51.0 Å². The maximum absolute atomic E-state index is 14.0. The Morgan fingerprint density at radius 2 is 2.00 bits per heavy atom. The molecule has 0 radical (unpaired) electrons. The molecule has 1 unspecified atom stereocenters. The number of halogens is 1. The molecule has 1 atom stereocenters. The van der Waals surface area contributed by atoms with Crippen LogP contribution in [0.2, 0.25) is 0 Å². The number of anilines is 1. The van der Waals surface area contributed by atoms with Gasteiger partial charge in [-0.3, -0.25) is 9.59 Å². The van der Waals surface area contributed by atoms with Gasteiger partial charge in [0.15, 0.2) is 0 Å². The van der Waals surface area contributed by atoms with Crippen LogP contribution in [0.5, 0.6) is 0 Å². The lowest BCUT2D eigenvalue weighted by Crippen LogP contribution is -2.46. The summed E-state index contributed by atoms with van der Waals surface area (Å²) in [7, 11) is 1.68. The van der Waals surface area contributed by atoms with E-state index in [0.29, 0.717) is 25.9 Å². The van der Waals surface area contributed by atoms with Gasteiger partial charge in [0.05, 0.1) is 5.69 Å². The smallest absolute Gasteiger partial charge is 0.249 e. The number of amides is 2. The second-order valence-corrected chi connectivity index (χ2v) is 7.69. The zero-order chi connectivity index (χ0) is 18.7. The Bertz CT molecular complexity index is 673. The van der Waals surface area contributed by atoms with Crippen LogP contribution >= 0.6 is 0 Å². The number of carbonyl (C=O) groups excluding carboxylic acids is 2. The average Bonchev–Trinajstić information content (AvgIpc) is 3.03. The summed E-state index contributed by atoms with van der Waals surface area (Å²) >= 11 is 0. The van der Waals surface area contributed by atoms with Crippen LogP contribution in [0.3, 0.4) is 0 Å². The van der Waals surface area contributed by atoms with Crippen molar-refractivity contribution in [1.29, 1.82) is 0 Å². The number of hydrogen-bond acceptors (Lipinski definition) is 3. The summed E-state index contributed by atoms with van der Waals surface area (Å²) in [5, 5.41) is 0. The molecular weight excluding hydrogens is 333 g/mol. The van der Waals surface area contributed by atoms with Gasteiger partial charge >= 0.3 is 0 Å². The van der Waals surface area contributed by atoms with Crippen LogP contribution in [0.15, 0.2) is 24.3 Å². The standard InChI is InChI=1S/C20H28FN3O2/c1-23(18(25)13-20(14-22)10-5-2-6-11-20)17-9-12-24(19(17)26)16-8-4-3-7-15(16)21/h3-4,7-8,17H,2,5-6,9-14,22H2,1H3. The van der Waals surface area contributed by atoms with E-state index >= 15 is 0 Å². The van der Waals surface area contributed by atoms with Crippen LogP contribution in [0.1, 0.15) is 44.9 Å². The van der Waals surface area contributed by atoms with E-state index in [0.717, 1.165) is 25.7 Å². The van der Waals surface area contributed by atoms with Gasteiger partial charge in [-0.15, -0.1) is 0 Å². The van der Waals surface area contributed by atoms with Crippen molar-refractivity contribution < 1.29 is 14.0 Å². The maximum Gasteiger partial charge on any atom is 0.249 e. The Balaban J connectivity index is 1.68.